The normalized spacial score (nSPS) is 16.6. The fraction of sp³-hybridized carbons (Fsp3) is 0.391. The van der Waals surface area contributed by atoms with Crippen LogP contribution in [0.3, 0.4) is 0 Å². The number of aryl methyl sites for hydroxylation is 1. The number of phenols is 1. The van der Waals surface area contributed by atoms with Crippen LogP contribution in [0.5, 0.6) is 5.75 Å². The molecule has 0 saturated carbocycles. The largest absolute Gasteiger partial charge is 0.507 e. The number of benzene rings is 1. The number of nitrogens with one attached hydrogen (secondary N) is 1. The summed E-state index contributed by atoms with van der Waals surface area (Å²) in [5.41, 5.74) is 2.52. The Balaban J connectivity index is 1.50. The fourth-order valence-electron chi connectivity index (χ4n) is 3.87. The van der Waals surface area contributed by atoms with E-state index in [1.807, 2.05) is 12.1 Å². The van der Waals surface area contributed by atoms with Gasteiger partial charge < -0.3 is 19.9 Å². The maximum Gasteiger partial charge on any atom is 0.250 e. The molecule has 1 saturated heterocycles. The van der Waals surface area contributed by atoms with Crippen molar-refractivity contribution in [3.8, 4) is 28.1 Å². The van der Waals surface area contributed by atoms with Crippen molar-refractivity contribution in [2.75, 3.05) is 18.0 Å². The summed E-state index contributed by atoms with van der Waals surface area (Å²) in [6.07, 6.45) is 4.38. The van der Waals surface area contributed by atoms with Gasteiger partial charge >= 0.3 is 0 Å². The first-order chi connectivity index (χ1) is 14.7. The standard InChI is InChI=1S/C23H28N6O2/c1-23(2,3)25-17-8-10-29(14-17)22-24-13-19(26-27-22)18-6-5-15(11-20(18)30)16-7-9-28(4)21(31)12-16/h5-7,9,11-13,17,25,30H,8,10,14H2,1-4H3. The topological polar surface area (TPSA) is 96.2 Å². The van der Waals surface area contributed by atoms with E-state index >= 15 is 0 Å². The summed E-state index contributed by atoms with van der Waals surface area (Å²) in [6.45, 7) is 8.22. The molecule has 0 amide bonds. The van der Waals surface area contributed by atoms with E-state index in [-0.39, 0.29) is 16.8 Å². The number of aromatic nitrogens is 4. The summed E-state index contributed by atoms with van der Waals surface area (Å²) in [7, 11) is 1.70. The lowest BCUT2D eigenvalue weighted by Crippen LogP contribution is -2.45. The Kier molecular flexibility index (Phi) is 5.49. The van der Waals surface area contributed by atoms with Crippen LogP contribution in [-0.2, 0) is 7.05 Å². The highest BCUT2D eigenvalue weighted by molar-refractivity contribution is 5.73. The van der Waals surface area contributed by atoms with E-state index in [1.54, 1.807) is 37.6 Å². The molecular weight excluding hydrogens is 392 g/mol. The highest BCUT2D eigenvalue weighted by Gasteiger charge is 2.27. The molecule has 0 bridgehead atoms. The maximum absolute atomic E-state index is 11.9. The van der Waals surface area contributed by atoms with Gasteiger partial charge in [-0.3, -0.25) is 4.79 Å². The van der Waals surface area contributed by atoms with Crippen LogP contribution in [0, 0.1) is 0 Å². The van der Waals surface area contributed by atoms with Crippen LogP contribution in [0.25, 0.3) is 22.4 Å². The van der Waals surface area contributed by atoms with Crippen molar-refractivity contribution in [1.29, 1.82) is 0 Å². The van der Waals surface area contributed by atoms with Crippen molar-refractivity contribution in [3.05, 3.63) is 53.1 Å². The average molecular weight is 421 g/mol. The number of hydrogen-bond acceptors (Lipinski definition) is 7. The third-order valence-corrected chi connectivity index (χ3v) is 5.37. The van der Waals surface area contributed by atoms with Crippen LogP contribution in [-0.4, -0.2) is 49.5 Å². The third-order valence-electron chi connectivity index (χ3n) is 5.37. The fourth-order valence-corrected chi connectivity index (χ4v) is 3.87. The van der Waals surface area contributed by atoms with E-state index in [1.165, 1.54) is 4.57 Å². The van der Waals surface area contributed by atoms with Gasteiger partial charge in [-0.2, -0.15) is 0 Å². The van der Waals surface area contributed by atoms with E-state index in [2.05, 4.69) is 46.2 Å². The molecule has 0 aliphatic carbocycles. The van der Waals surface area contributed by atoms with Gasteiger partial charge in [0.1, 0.15) is 11.4 Å². The van der Waals surface area contributed by atoms with Crippen molar-refractivity contribution in [3.63, 3.8) is 0 Å². The minimum absolute atomic E-state index is 0.0673. The second kappa shape index (κ2) is 8.11. The lowest BCUT2D eigenvalue weighted by atomic mass is 10.0. The smallest absolute Gasteiger partial charge is 0.250 e. The van der Waals surface area contributed by atoms with E-state index < -0.39 is 0 Å². The van der Waals surface area contributed by atoms with Gasteiger partial charge in [0.2, 0.25) is 5.95 Å². The molecule has 2 aromatic heterocycles. The van der Waals surface area contributed by atoms with E-state index in [0.29, 0.717) is 23.2 Å². The Morgan fingerprint density at radius 3 is 2.55 bits per heavy atom. The number of pyridine rings is 1. The predicted octanol–water partition coefficient (Wildman–Crippen LogP) is 2.58. The van der Waals surface area contributed by atoms with Crippen LogP contribution in [0.2, 0.25) is 0 Å². The molecule has 2 N–H and O–H groups in total. The van der Waals surface area contributed by atoms with E-state index in [4.69, 9.17) is 0 Å². The van der Waals surface area contributed by atoms with Gasteiger partial charge in [0.05, 0.1) is 6.20 Å². The molecule has 1 fully saturated rings. The summed E-state index contributed by atoms with van der Waals surface area (Å²) in [4.78, 5) is 18.5. The first kappa shape index (κ1) is 21.0. The molecular formula is C23H28N6O2. The lowest BCUT2D eigenvalue weighted by molar-refractivity contribution is 0.373. The van der Waals surface area contributed by atoms with Gasteiger partial charge in [0.15, 0.2) is 0 Å². The molecule has 8 heteroatoms. The summed E-state index contributed by atoms with van der Waals surface area (Å²) < 4.78 is 1.50. The highest BCUT2D eigenvalue weighted by Crippen LogP contribution is 2.32. The summed E-state index contributed by atoms with van der Waals surface area (Å²) in [5, 5.41) is 22.8. The zero-order valence-electron chi connectivity index (χ0n) is 18.3. The first-order valence-corrected chi connectivity index (χ1v) is 10.4. The Hall–Kier alpha value is -3.26. The summed E-state index contributed by atoms with van der Waals surface area (Å²) >= 11 is 0. The number of rotatable bonds is 4. The van der Waals surface area contributed by atoms with Crippen LogP contribution in [0.1, 0.15) is 27.2 Å². The number of hydrogen-bond donors (Lipinski definition) is 2. The van der Waals surface area contributed by atoms with Gasteiger partial charge in [-0.15, -0.1) is 10.2 Å². The van der Waals surface area contributed by atoms with Crippen LogP contribution in [0.4, 0.5) is 5.95 Å². The Morgan fingerprint density at radius 1 is 1.13 bits per heavy atom. The lowest BCUT2D eigenvalue weighted by Gasteiger charge is -2.25. The van der Waals surface area contributed by atoms with Crippen molar-refractivity contribution < 1.29 is 5.11 Å². The zero-order valence-corrected chi connectivity index (χ0v) is 18.3. The van der Waals surface area contributed by atoms with Crippen molar-refractivity contribution in [2.45, 2.75) is 38.8 Å². The second-order valence-electron chi connectivity index (χ2n) is 9.07. The summed E-state index contributed by atoms with van der Waals surface area (Å²) in [6, 6.07) is 9.03. The molecule has 31 heavy (non-hydrogen) atoms. The van der Waals surface area contributed by atoms with Gasteiger partial charge in [0, 0.05) is 49.5 Å². The van der Waals surface area contributed by atoms with Gasteiger partial charge in [-0.05, 0) is 56.5 Å². The molecule has 1 unspecified atom stereocenters. The zero-order chi connectivity index (χ0) is 22.2. The Labute approximate surface area is 181 Å². The SMILES string of the molecule is Cn1ccc(-c2ccc(-c3cnc(N4CCC(NC(C)(C)C)C4)nn3)c(O)c2)cc1=O. The van der Waals surface area contributed by atoms with Gasteiger partial charge in [0.25, 0.3) is 5.56 Å². The van der Waals surface area contributed by atoms with Crippen LogP contribution >= 0.6 is 0 Å². The molecule has 162 valence electrons. The molecule has 4 rings (SSSR count). The van der Waals surface area contributed by atoms with Crippen molar-refractivity contribution >= 4 is 5.95 Å². The van der Waals surface area contributed by atoms with Gasteiger partial charge in [-0.25, -0.2) is 4.98 Å². The third kappa shape index (κ3) is 4.74. The van der Waals surface area contributed by atoms with E-state index in [9.17, 15) is 9.90 Å². The minimum Gasteiger partial charge on any atom is -0.507 e. The molecule has 1 aliphatic rings. The second-order valence-corrected chi connectivity index (χ2v) is 9.07. The molecule has 1 aliphatic heterocycles. The maximum atomic E-state index is 11.9. The van der Waals surface area contributed by atoms with Crippen LogP contribution in [0.15, 0.2) is 47.5 Å². The van der Waals surface area contributed by atoms with E-state index in [0.717, 1.165) is 30.6 Å². The Morgan fingerprint density at radius 2 is 1.90 bits per heavy atom. The van der Waals surface area contributed by atoms with Gasteiger partial charge in [-0.1, -0.05) is 6.07 Å². The number of aromatic hydroxyl groups is 1. The predicted molar refractivity (Wildman–Crippen MR) is 121 cm³/mol. The molecule has 0 radical (unpaired) electrons. The average Bonchev–Trinajstić information content (AvgIpc) is 3.17. The molecule has 3 heterocycles. The highest BCUT2D eigenvalue weighted by atomic mass is 16.3. The first-order valence-electron chi connectivity index (χ1n) is 10.4. The monoisotopic (exact) mass is 420 g/mol. The molecule has 8 nitrogen and oxygen atoms in total. The molecule has 0 spiro atoms. The van der Waals surface area contributed by atoms with Crippen molar-refractivity contribution in [2.24, 2.45) is 7.05 Å². The van der Waals surface area contributed by atoms with Crippen LogP contribution < -0.4 is 15.8 Å². The number of phenolic OH excluding ortho intramolecular Hbond substituents is 1. The number of nitrogens with zero attached hydrogens (tertiary/aromatic N) is 5. The Bertz CT molecular complexity index is 1130. The summed E-state index contributed by atoms with van der Waals surface area (Å²) in [5.74, 6) is 0.663. The molecule has 3 aromatic rings. The molecule has 1 aromatic carbocycles. The number of anilines is 1. The van der Waals surface area contributed by atoms with Crippen molar-refractivity contribution in [1.82, 2.24) is 25.1 Å². The molecule has 1 atom stereocenters. The quantitative estimate of drug-likeness (QED) is 0.670. The minimum atomic E-state index is -0.103.